The molecular formula is C8H7ClN4O2S. The lowest BCUT2D eigenvalue weighted by atomic mass is 10.4. The number of nitrogens with zero attached hydrogens (tertiary/aromatic N) is 2. The second kappa shape index (κ2) is 4.11. The van der Waals surface area contributed by atoms with Crippen LogP contribution < -0.4 is 4.72 Å². The van der Waals surface area contributed by atoms with E-state index in [0.717, 1.165) is 0 Å². The van der Waals surface area contributed by atoms with Crippen LogP contribution in [0.2, 0.25) is 5.15 Å². The molecule has 0 radical (unpaired) electrons. The number of nitrogens with one attached hydrogen (secondary N) is 2. The van der Waals surface area contributed by atoms with Gasteiger partial charge in [0.15, 0.2) is 10.2 Å². The molecule has 2 heterocycles. The van der Waals surface area contributed by atoms with Crippen molar-refractivity contribution in [1.29, 1.82) is 0 Å². The lowest BCUT2D eigenvalue weighted by Gasteiger charge is -2.06. The van der Waals surface area contributed by atoms with Gasteiger partial charge in [0.2, 0.25) is 0 Å². The first-order valence-corrected chi connectivity index (χ1v) is 6.07. The maximum Gasteiger partial charge on any atom is 0.279 e. The third kappa shape index (κ3) is 2.15. The fourth-order valence-electron chi connectivity index (χ4n) is 1.05. The van der Waals surface area contributed by atoms with Crippen molar-refractivity contribution in [3.8, 4) is 0 Å². The first kappa shape index (κ1) is 10.9. The van der Waals surface area contributed by atoms with Gasteiger partial charge in [-0.05, 0) is 12.1 Å². The maximum atomic E-state index is 11.7. The Morgan fingerprint density at radius 1 is 1.44 bits per heavy atom. The largest absolute Gasteiger partial charge is 0.334 e. The van der Waals surface area contributed by atoms with Crippen LogP contribution in [-0.4, -0.2) is 23.4 Å². The summed E-state index contributed by atoms with van der Waals surface area (Å²) < 4.78 is 25.8. The van der Waals surface area contributed by atoms with Crippen molar-refractivity contribution in [2.24, 2.45) is 0 Å². The summed E-state index contributed by atoms with van der Waals surface area (Å²) >= 11 is 5.73. The molecule has 0 bridgehead atoms. The van der Waals surface area contributed by atoms with Crippen LogP contribution in [0.5, 0.6) is 0 Å². The standard InChI is InChI=1S/C8H7ClN4O2S/c9-8-6(2-1-3-11-8)13-16(14,15)7-4-10-5-12-7/h1-5,13H,(H,10,12). The number of anilines is 1. The Bertz CT molecular complexity index is 582. The molecule has 2 aromatic heterocycles. The zero-order valence-corrected chi connectivity index (χ0v) is 9.46. The van der Waals surface area contributed by atoms with Crippen molar-refractivity contribution < 1.29 is 8.42 Å². The van der Waals surface area contributed by atoms with Crippen molar-refractivity contribution in [3.63, 3.8) is 0 Å². The van der Waals surface area contributed by atoms with E-state index in [4.69, 9.17) is 11.6 Å². The summed E-state index contributed by atoms with van der Waals surface area (Å²) in [5.74, 6) is 0. The van der Waals surface area contributed by atoms with Crippen LogP contribution in [0.4, 0.5) is 5.69 Å². The van der Waals surface area contributed by atoms with Crippen LogP contribution in [0, 0.1) is 0 Å². The number of aromatic nitrogens is 3. The van der Waals surface area contributed by atoms with Crippen LogP contribution in [-0.2, 0) is 10.0 Å². The lowest BCUT2D eigenvalue weighted by molar-refractivity contribution is 0.598. The number of pyridine rings is 1. The Labute approximate surface area is 96.8 Å². The van der Waals surface area contributed by atoms with E-state index >= 15 is 0 Å². The number of rotatable bonds is 3. The second-order valence-electron chi connectivity index (χ2n) is 2.86. The molecule has 0 amide bonds. The Balaban J connectivity index is 2.33. The van der Waals surface area contributed by atoms with Crippen molar-refractivity contribution >= 4 is 27.3 Å². The van der Waals surface area contributed by atoms with Crippen molar-refractivity contribution in [3.05, 3.63) is 36.0 Å². The molecule has 0 aliphatic rings. The predicted molar refractivity (Wildman–Crippen MR) is 58.6 cm³/mol. The summed E-state index contributed by atoms with van der Waals surface area (Å²) in [6.07, 6.45) is 3.95. The number of imidazole rings is 1. The molecule has 84 valence electrons. The van der Waals surface area contributed by atoms with Crippen molar-refractivity contribution in [1.82, 2.24) is 15.0 Å². The molecule has 0 saturated carbocycles. The smallest absolute Gasteiger partial charge is 0.279 e. The minimum atomic E-state index is -3.68. The van der Waals surface area contributed by atoms with Crippen LogP contribution in [0.3, 0.4) is 0 Å². The van der Waals surface area contributed by atoms with E-state index in [1.54, 1.807) is 6.07 Å². The minimum Gasteiger partial charge on any atom is -0.334 e. The average Bonchev–Trinajstić information content (AvgIpc) is 2.75. The van der Waals surface area contributed by atoms with Gasteiger partial charge in [-0.25, -0.2) is 9.97 Å². The lowest BCUT2D eigenvalue weighted by Crippen LogP contribution is -2.13. The molecule has 2 aromatic rings. The number of halogens is 1. The molecule has 0 spiro atoms. The van der Waals surface area contributed by atoms with E-state index < -0.39 is 10.0 Å². The highest BCUT2D eigenvalue weighted by Crippen LogP contribution is 2.20. The molecule has 0 saturated heterocycles. The van der Waals surface area contributed by atoms with Gasteiger partial charge in [-0.2, -0.15) is 8.42 Å². The molecule has 0 aromatic carbocycles. The normalized spacial score (nSPS) is 11.3. The molecule has 0 atom stereocenters. The van der Waals surface area contributed by atoms with Gasteiger partial charge in [-0.3, -0.25) is 4.72 Å². The van der Waals surface area contributed by atoms with Gasteiger partial charge >= 0.3 is 0 Å². The molecule has 0 aliphatic carbocycles. The molecule has 0 fully saturated rings. The molecule has 8 heteroatoms. The summed E-state index contributed by atoms with van der Waals surface area (Å²) in [6, 6.07) is 3.10. The average molecular weight is 259 g/mol. The summed E-state index contributed by atoms with van der Waals surface area (Å²) in [5.41, 5.74) is 0.221. The Morgan fingerprint density at radius 3 is 2.88 bits per heavy atom. The SMILES string of the molecule is O=S(=O)(Nc1cccnc1Cl)c1cnc[nH]1. The maximum absolute atomic E-state index is 11.7. The molecule has 16 heavy (non-hydrogen) atoms. The fraction of sp³-hybridized carbons (Fsp3) is 0. The monoisotopic (exact) mass is 258 g/mol. The third-order valence-electron chi connectivity index (χ3n) is 1.77. The van der Waals surface area contributed by atoms with Gasteiger partial charge in [-0.15, -0.1) is 0 Å². The zero-order chi connectivity index (χ0) is 11.6. The highest BCUT2D eigenvalue weighted by atomic mass is 35.5. The predicted octanol–water partition coefficient (Wildman–Crippen LogP) is 1.26. The first-order valence-electron chi connectivity index (χ1n) is 4.21. The van der Waals surface area contributed by atoms with E-state index in [2.05, 4.69) is 19.7 Å². The van der Waals surface area contributed by atoms with Crippen molar-refractivity contribution in [2.75, 3.05) is 4.72 Å². The summed E-state index contributed by atoms with van der Waals surface area (Å²) in [5, 5.41) is 0.0537. The first-order chi connectivity index (χ1) is 7.59. The van der Waals surface area contributed by atoms with E-state index in [-0.39, 0.29) is 15.9 Å². The Morgan fingerprint density at radius 2 is 2.25 bits per heavy atom. The summed E-state index contributed by atoms with van der Waals surface area (Å²) in [7, 11) is -3.68. The molecule has 2 rings (SSSR count). The zero-order valence-electron chi connectivity index (χ0n) is 7.88. The molecule has 2 N–H and O–H groups in total. The topological polar surface area (TPSA) is 87.7 Å². The number of H-pyrrole nitrogens is 1. The Hall–Kier alpha value is -1.60. The summed E-state index contributed by atoms with van der Waals surface area (Å²) in [6.45, 7) is 0. The van der Waals surface area contributed by atoms with Crippen LogP contribution in [0.25, 0.3) is 0 Å². The number of hydrogen-bond acceptors (Lipinski definition) is 4. The highest BCUT2D eigenvalue weighted by Gasteiger charge is 2.16. The summed E-state index contributed by atoms with van der Waals surface area (Å²) in [4.78, 5) is 9.88. The van der Waals surface area contributed by atoms with E-state index in [1.807, 2.05) is 0 Å². The van der Waals surface area contributed by atoms with Gasteiger partial charge in [-0.1, -0.05) is 11.6 Å². The molecule has 0 unspecified atom stereocenters. The highest BCUT2D eigenvalue weighted by molar-refractivity contribution is 7.92. The number of sulfonamides is 1. The van der Waals surface area contributed by atoms with Crippen LogP contribution in [0.15, 0.2) is 35.9 Å². The Kier molecular flexibility index (Phi) is 2.80. The van der Waals surface area contributed by atoms with Gasteiger partial charge in [0, 0.05) is 6.20 Å². The van der Waals surface area contributed by atoms with Gasteiger partial charge in [0.05, 0.1) is 18.2 Å². The van der Waals surface area contributed by atoms with Crippen LogP contribution >= 0.6 is 11.6 Å². The van der Waals surface area contributed by atoms with Gasteiger partial charge < -0.3 is 4.98 Å². The van der Waals surface area contributed by atoms with Crippen LogP contribution in [0.1, 0.15) is 0 Å². The minimum absolute atomic E-state index is 0.0348. The molecular weight excluding hydrogens is 252 g/mol. The number of hydrogen-bond donors (Lipinski definition) is 2. The number of aromatic amines is 1. The van der Waals surface area contributed by atoms with Gasteiger partial charge in [0.1, 0.15) is 0 Å². The van der Waals surface area contributed by atoms with Crippen molar-refractivity contribution in [2.45, 2.75) is 5.03 Å². The van der Waals surface area contributed by atoms with E-state index in [1.165, 1.54) is 24.8 Å². The second-order valence-corrected chi connectivity index (χ2v) is 4.87. The molecule has 0 aliphatic heterocycles. The van der Waals surface area contributed by atoms with E-state index in [9.17, 15) is 8.42 Å². The molecule has 6 nitrogen and oxygen atoms in total. The third-order valence-corrected chi connectivity index (χ3v) is 3.36. The quantitative estimate of drug-likeness (QED) is 0.812. The fourth-order valence-corrected chi connectivity index (χ4v) is 2.25. The van der Waals surface area contributed by atoms with E-state index in [0.29, 0.717) is 0 Å². The van der Waals surface area contributed by atoms with Gasteiger partial charge in [0.25, 0.3) is 10.0 Å².